The van der Waals surface area contributed by atoms with Gasteiger partial charge in [0.05, 0.1) is 12.0 Å². The Bertz CT molecular complexity index is 1680. The number of phenolic OH excluding ortho intramolecular Hbond substituents is 1. The number of H-pyrrole nitrogens is 1. The van der Waals surface area contributed by atoms with Gasteiger partial charge in [0.25, 0.3) is 0 Å². The van der Waals surface area contributed by atoms with Gasteiger partial charge >= 0.3 is 6.09 Å². The number of rotatable bonds is 15. The number of hydrogen-bond donors (Lipinski definition) is 9. The number of carboxylic acid groups (broad SMARTS) is 1. The summed E-state index contributed by atoms with van der Waals surface area (Å²) >= 11 is 0. The maximum Gasteiger partial charge on any atom is 0.405 e. The molecule has 2 aromatic heterocycles. The van der Waals surface area contributed by atoms with E-state index in [-0.39, 0.29) is 48.8 Å². The first-order valence-corrected chi connectivity index (χ1v) is 17.6. The van der Waals surface area contributed by atoms with Crippen LogP contribution in [-0.4, -0.2) is 72.8 Å². The summed E-state index contributed by atoms with van der Waals surface area (Å²) in [5, 5.41) is 41.9. The molecule has 3 amide bonds. The first-order valence-electron chi connectivity index (χ1n) is 17.6. The van der Waals surface area contributed by atoms with Crippen LogP contribution >= 0.6 is 0 Å². The van der Waals surface area contributed by atoms with Gasteiger partial charge in [-0.1, -0.05) is 5.16 Å². The zero-order valence-corrected chi connectivity index (χ0v) is 29.0. The summed E-state index contributed by atoms with van der Waals surface area (Å²) in [7, 11) is 0. The van der Waals surface area contributed by atoms with Crippen molar-refractivity contribution in [2.24, 2.45) is 28.9 Å². The van der Waals surface area contributed by atoms with Crippen LogP contribution in [0.4, 0.5) is 4.79 Å². The summed E-state index contributed by atoms with van der Waals surface area (Å²) in [5.74, 6) is 1.62. The van der Waals surface area contributed by atoms with Crippen molar-refractivity contribution in [1.82, 2.24) is 41.4 Å². The van der Waals surface area contributed by atoms with Crippen molar-refractivity contribution in [3.05, 3.63) is 58.8 Å². The molecule has 3 atom stereocenters. The second-order valence-electron chi connectivity index (χ2n) is 14.9. The number of aromatic amines is 1. The van der Waals surface area contributed by atoms with E-state index in [1.807, 2.05) is 0 Å². The standard InChI is InChI=1S/C35H48N10O6/c1-18-5-24(46)6-19(2)25(18)11-27(41-30(47)26(43-34(49)50)3-4-39-33(36)37)31(48)42-28(10-23-16-38-17-40-23)32-44-29(45-51-32)15-35-12-20-7-21(13-35)9-22(8-20)14-35/h5-6,16-17,20-22,26-28,43,46H,3-4,7-15H2,1-2H3,(H,38,40)(H,41,47)(H,42,48)(H,49,50)(H4,36,37,39)/t20?,21?,22?,26-,27+,28+,35?/m1/s1. The molecule has 51 heavy (non-hydrogen) atoms. The van der Waals surface area contributed by atoms with Crippen molar-refractivity contribution in [3.63, 3.8) is 0 Å². The lowest BCUT2D eigenvalue weighted by atomic mass is 9.49. The molecule has 4 fully saturated rings. The lowest BCUT2D eigenvalue weighted by Crippen LogP contribution is -2.55. The van der Waals surface area contributed by atoms with Crippen LogP contribution in [0.2, 0.25) is 0 Å². The quantitative estimate of drug-likeness (QED) is 0.0820. The minimum Gasteiger partial charge on any atom is -0.508 e. The number of aromatic nitrogens is 4. The molecule has 3 aromatic rings. The number of imidazole rings is 1. The van der Waals surface area contributed by atoms with Gasteiger partial charge < -0.3 is 46.7 Å². The van der Waals surface area contributed by atoms with Gasteiger partial charge in [0.1, 0.15) is 23.9 Å². The molecule has 0 spiro atoms. The fourth-order valence-corrected chi connectivity index (χ4v) is 9.15. The van der Waals surface area contributed by atoms with E-state index in [1.165, 1.54) is 44.9 Å². The summed E-state index contributed by atoms with van der Waals surface area (Å²) in [4.78, 5) is 51.5. The van der Waals surface area contributed by atoms with Crippen LogP contribution in [-0.2, 0) is 28.9 Å². The van der Waals surface area contributed by atoms with Gasteiger partial charge in [-0.25, -0.2) is 9.78 Å². The van der Waals surface area contributed by atoms with Crippen LogP contribution in [0.1, 0.15) is 85.1 Å². The lowest BCUT2D eigenvalue weighted by Gasteiger charge is -2.56. The van der Waals surface area contributed by atoms with Crippen molar-refractivity contribution in [2.45, 2.75) is 96.2 Å². The van der Waals surface area contributed by atoms with Gasteiger partial charge in [-0.2, -0.15) is 4.98 Å². The van der Waals surface area contributed by atoms with Crippen LogP contribution in [0.5, 0.6) is 5.75 Å². The van der Waals surface area contributed by atoms with Crippen LogP contribution in [0, 0.1) is 42.4 Å². The Labute approximate surface area is 295 Å². The van der Waals surface area contributed by atoms with Gasteiger partial charge in [-0.3, -0.25) is 15.0 Å². The van der Waals surface area contributed by atoms with Crippen LogP contribution < -0.4 is 27.0 Å². The third kappa shape index (κ3) is 8.78. The second-order valence-corrected chi connectivity index (χ2v) is 14.9. The zero-order valence-electron chi connectivity index (χ0n) is 29.0. The Morgan fingerprint density at radius 1 is 1.02 bits per heavy atom. The number of benzene rings is 1. The number of carbonyl (C=O) groups excluding carboxylic acids is 2. The molecular formula is C35H48N10O6. The number of aromatic hydroxyl groups is 1. The number of nitrogens with two attached hydrogens (primary N) is 1. The van der Waals surface area contributed by atoms with Crippen molar-refractivity contribution in [1.29, 1.82) is 5.41 Å². The highest BCUT2D eigenvalue weighted by molar-refractivity contribution is 5.91. The number of phenols is 1. The Morgan fingerprint density at radius 2 is 1.67 bits per heavy atom. The highest BCUT2D eigenvalue weighted by Gasteiger charge is 2.51. The van der Waals surface area contributed by atoms with E-state index < -0.39 is 36.0 Å². The van der Waals surface area contributed by atoms with E-state index in [2.05, 4.69) is 36.4 Å². The van der Waals surface area contributed by atoms with Crippen LogP contribution in [0.15, 0.2) is 29.2 Å². The first-order chi connectivity index (χ1) is 24.3. The highest BCUT2D eigenvalue weighted by atomic mass is 16.5. The summed E-state index contributed by atoms with van der Waals surface area (Å²) in [6, 6.07) is -0.0618. The molecule has 1 aromatic carbocycles. The molecule has 10 N–H and O–H groups in total. The Balaban J connectivity index is 1.24. The molecule has 274 valence electrons. The number of carbonyl (C=O) groups is 3. The maximum absolute atomic E-state index is 14.3. The molecule has 0 unspecified atom stereocenters. The number of hydrogen-bond acceptors (Lipinski definition) is 9. The summed E-state index contributed by atoms with van der Waals surface area (Å²) in [6.07, 6.45) is 10.3. The molecule has 4 saturated carbocycles. The maximum atomic E-state index is 14.3. The van der Waals surface area contributed by atoms with E-state index in [4.69, 9.17) is 20.7 Å². The van der Waals surface area contributed by atoms with Gasteiger partial charge in [0.15, 0.2) is 11.8 Å². The van der Waals surface area contributed by atoms with Crippen molar-refractivity contribution in [3.8, 4) is 5.75 Å². The minimum absolute atomic E-state index is 0.0369. The Kier molecular flexibility index (Phi) is 10.5. The van der Waals surface area contributed by atoms with E-state index >= 15 is 0 Å². The topological polar surface area (TPSA) is 257 Å². The molecule has 4 bridgehead atoms. The molecule has 0 radical (unpaired) electrons. The van der Waals surface area contributed by atoms with Crippen molar-refractivity contribution in [2.75, 3.05) is 6.54 Å². The summed E-state index contributed by atoms with van der Waals surface area (Å²) in [6.45, 7) is 3.63. The molecule has 7 rings (SSSR count). The number of nitrogens with zero attached hydrogens (tertiary/aromatic N) is 3. The minimum atomic E-state index is -1.43. The number of amides is 3. The van der Waals surface area contributed by atoms with Gasteiger partial charge in [0, 0.05) is 32.0 Å². The van der Waals surface area contributed by atoms with Crippen LogP contribution in [0.25, 0.3) is 0 Å². The first kappa shape index (κ1) is 35.7. The van der Waals surface area contributed by atoms with E-state index in [0.29, 0.717) is 22.6 Å². The molecular weight excluding hydrogens is 656 g/mol. The molecule has 16 heteroatoms. The van der Waals surface area contributed by atoms with E-state index in [1.54, 1.807) is 32.2 Å². The van der Waals surface area contributed by atoms with Gasteiger partial charge in [-0.15, -0.1) is 0 Å². The smallest absolute Gasteiger partial charge is 0.405 e. The molecule has 4 aliphatic carbocycles. The fourth-order valence-electron chi connectivity index (χ4n) is 9.15. The fraction of sp³-hybridized carbons (Fsp3) is 0.571. The zero-order chi connectivity index (χ0) is 36.3. The second kappa shape index (κ2) is 15.0. The Hall–Kier alpha value is -5.15. The van der Waals surface area contributed by atoms with Crippen molar-refractivity contribution >= 4 is 23.9 Å². The molecule has 16 nitrogen and oxygen atoms in total. The average Bonchev–Trinajstić information content (AvgIpc) is 3.72. The third-order valence-electron chi connectivity index (χ3n) is 10.8. The predicted octanol–water partition coefficient (Wildman–Crippen LogP) is 2.51. The Morgan fingerprint density at radius 3 is 2.25 bits per heavy atom. The number of aryl methyl sites for hydroxylation is 2. The third-order valence-corrected chi connectivity index (χ3v) is 10.8. The largest absolute Gasteiger partial charge is 0.508 e. The normalized spacial score (nSPS) is 23.6. The van der Waals surface area contributed by atoms with E-state index in [0.717, 1.165) is 29.7 Å². The summed E-state index contributed by atoms with van der Waals surface area (Å²) < 4.78 is 5.83. The molecule has 0 saturated heterocycles. The summed E-state index contributed by atoms with van der Waals surface area (Å²) in [5.41, 5.74) is 8.35. The van der Waals surface area contributed by atoms with Gasteiger partial charge in [-0.05, 0) is 111 Å². The molecule has 2 heterocycles. The molecule has 0 aliphatic heterocycles. The molecule has 4 aliphatic rings. The highest BCUT2D eigenvalue weighted by Crippen LogP contribution is 2.60. The number of guanidine groups is 1. The lowest BCUT2D eigenvalue weighted by molar-refractivity contribution is -0.130. The van der Waals surface area contributed by atoms with Gasteiger partial charge in [0.2, 0.25) is 17.7 Å². The predicted molar refractivity (Wildman–Crippen MR) is 184 cm³/mol. The SMILES string of the molecule is Cc1cc(O)cc(C)c1C[C@H](NC(=O)[C@@H](CCNC(=N)N)NC(=O)O)C(=O)N[C@@H](Cc1c[nH]cn1)c1nc(CC23CC4CC(CC(C4)C2)C3)no1. The average molecular weight is 705 g/mol. The monoisotopic (exact) mass is 704 g/mol. The number of nitrogens with one attached hydrogen (secondary N) is 6. The van der Waals surface area contributed by atoms with E-state index in [9.17, 15) is 24.6 Å². The van der Waals surface area contributed by atoms with Crippen LogP contribution in [0.3, 0.4) is 0 Å². The van der Waals surface area contributed by atoms with Crippen molar-refractivity contribution < 1.29 is 29.1 Å².